The van der Waals surface area contributed by atoms with Crippen molar-refractivity contribution in [2.45, 2.75) is 6.42 Å². The Morgan fingerprint density at radius 1 is 1.35 bits per heavy atom. The first kappa shape index (κ1) is 19.0. The second-order valence-corrected chi connectivity index (χ2v) is 4.30. The number of aliphatic imine (C=N–C) groups is 1. The smallest absolute Gasteiger partial charge is 0.188 e. The van der Waals surface area contributed by atoms with Gasteiger partial charge in [0.05, 0.1) is 6.61 Å². The lowest BCUT2D eigenvalue weighted by atomic mass is 10.3. The zero-order valence-corrected chi connectivity index (χ0v) is 14.5. The molecule has 0 heterocycles. The molecule has 0 atom stereocenters. The fraction of sp³-hybridized carbons (Fsp3) is 0.500. The maximum Gasteiger partial charge on any atom is 0.188 e. The van der Waals surface area contributed by atoms with E-state index in [2.05, 4.69) is 34.4 Å². The highest BCUT2D eigenvalue weighted by Gasteiger charge is 1.98. The lowest BCUT2D eigenvalue weighted by Crippen LogP contribution is -2.34. The second-order valence-electron chi connectivity index (χ2n) is 4.30. The van der Waals surface area contributed by atoms with Crippen LogP contribution < -0.4 is 16.0 Å². The third-order valence-electron chi connectivity index (χ3n) is 2.74. The van der Waals surface area contributed by atoms with Gasteiger partial charge in [-0.15, -0.1) is 24.0 Å². The van der Waals surface area contributed by atoms with Gasteiger partial charge in [0, 0.05) is 39.5 Å². The van der Waals surface area contributed by atoms with Crippen molar-refractivity contribution < 1.29 is 4.74 Å². The van der Waals surface area contributed by atoms with Crippen molar-refractivity contribution in [3.63, 3.8) is 0 Å². The van der Waals surface area contributed by atoms with Crippen molar-refractivity contribution in [1.82, 2.24) is 5.32 Å². The van der Waals surface area contributed by atoms with Crippen molar-refractivity contribution in [2.75, 3.05) is 45.3 Å². The van der Waals surface area contributed by atoms with Crippen LogP contribution in [-0.2, 0) is 4.74 Å². The van der Waals surface area contributed by atoms with Crippen molar-refractivity contribution in [1.29, 1.82) is 0 Å². The minimum Gasteiger partial charge on any atom is -0.383 e. The fourth-order valence-corrected chi connectivity index (χ4v) is 1.66. The molecule has 3 N–H and O–H groups in total. The Hall–Kier alpha value is -1.02. The van der Waals surface area contributed by atoms with Gasteiger partial charge in [-0.3, -0.25) is 4.99 Å². The van der Waals surface area contributed by atoms with Gasteiger partial charge < -0.3 is 20.7 Å². The Kier molecular flexibility index (Phi) is 11.2. The number of benzene rings is 1. The molecule has 1 aromatic rings. The summed E-state index contributed by atoms with van der Waals surface area (Å²) >= 11 is 0. The lowest BCUT2D eigenvalue weighted by Gasteiger charge is -2.18. The summed E-state index contributed by atoms with van der Waals surface area (Å²) in [6, 6.07) is 10.3. The Morgan fingerprint density at radius 2 is 2.05 bits per heavy atom. The molecule has 6 heteroatoms. The predicted octanol–water partition coefficient (Wildman–Crippen LogP) is 1.68. The number of para-hydroxylation sites is 1. The molecule has 0 saturated carbocycles. The minimum absolute atomic E-state index is 0. The van der Waals surface area contributed by atoms with Crippen LogP contribution in [0.1, 0.15) is 6.42 Å². The number of rotatable bonds is 8. The summed E-state index contributed by atoms with van der Waals surface area (Å²) < 4.78 is 4.92. The first-order valence-electron chi connectivity index (χ1n) is 6.53. The summed E-state index contributed by atoms with van der Waals surface area (Å²) in [6.45, 7) is 3.00. The van der Waals surface area contributed by atoms with Gasteiger partial charge in [-0.2, -0.15) is 0 Å². The number of halogens is 1. The van der Waals surface area contributed by atoms with E-state index in [1.807, 2.05) is 18.2 Å². The summed E-state index contributed by atoms with van der Waals surface area (Å²) in [7, 11) is 3.74. The first-order chi connectivity index (χ1) is 9.24. The van der Waals surface area contributed by atoms with E-state index in [1.165, 1.54) is 5.69 Å². The van der Waals surface area contributed by atoms with Crippen molar-refractivity contribution in [3.05, 3.63) is 30.3 Å². The summed E-state index contributed by atoms with van der Waals surface area (Å²) in [6.07, 6.45) is 0.970. The topological polar surface area (TPSA) is 62.9 Å². The molecular weight excluding hydrogens is 367 g/mol. The molecular formula is C14H25IN4O. The van der Waals surface area contributed by atoms with E-state index in [4.69, 9.17) is 10.5 Å². The van der Waals surface area contributed by atoms with Crippen LogP contribution >= 0.6 is 24.0 Å². The van der Waals surface area contributed by atoms with Crippen LogP contribution in [0, 0.1) is 0 Å². The molecule has 1 aromatic carbocycles. The van der Waals surface area contributed by atoms with Gasteiger partial charge in [-0.1, -0.05) is 18.2 Å². The molecule has 0 radical (unpaired) electrons. The zero-order valence-electron chi connectivity index (χ0n) is 12.2. The maximum absolute atomic E-state index is 5.71. The molecule has 0 unspecified atom stereocenters. The number of anilines is 1. The molecule has 0 bridgehead atoms. The number of nitrogens with two attached hydrogens (primary N) is 1. The van der Waals surface area contributed by atoms with Crippen LogP contribution in [0.3, 0.4) is 0 Å². The normalized spacial score (nSPS) is 10.8. The Bertz CT molecular complexity index is 373. The van der Waals surface area contributed by atoms with E-state index in [0.717, 1.165) is 19.5 Å². The van der Waals surface area contributed by atoms with Crippen molar-refractivity contribution >= 4 is 35.6 Å². The fourth-order valence-electron chi connectivity index (χ4n) is 1.66. The van der Waals surface area contributed by atoms with Crippen LogP contribution in [0.25, 0.3) is 0 Å². The third-order valence-corrected chi connectivity index (χ3v) is 2.74. The van der Waals surface area contributed by atoms with Crippen LogP contribution in [0.5, 0.6) is 0 Å². The van der Waals surface area contributed by atoms with Crippen molar-refractivity contribution in [2.24, 2.45) is 10.7 Å². The molecule has 0 aliphatic carbocycles. The number of nitrogens with zero attached hydrogens (tertiary/aromatic N) is 2. The van der Waals surface area contributed by atoms with E-state index < -0.39 is 0 Å². The molecule has 0 saturated heterocycles. The van der Waals surface area contributed by atoms with Gasteiger partial charge in [0.25, 0.3) is 0 Å². The average molecular weight is 392 g/mol. The van der Waals surface area contributed by atoms with Crippen LogP contribution in [0.15, 0.2) is 35.3 Å². The highest BCUT2D eigenvalue weighted by molar-refractivity contribution is 14.0. The predicted molar refractivity (Wildman–Crippen MR) is 96.1 cm³/mol. The maximum atomic E-state index is 5.71. The van der Waals surface area contributed by atoms with Crippen molar-refractivity contribution in [3.8, 4) is 0 Å². The third kappa shape index (κ3) is 8.21. The van der Waals surface area contributed by atoms with Gasteiger partial charge in [-0.05, 0) is 18.6 Å². The highest BCUT2D eigenvalue weighted by atomic mass is 127. The average Bonchev–Trinajstić information content (AvgIpc) is 2.44. The summed E-state index contributed by atoms with van der Waals surface area (Å²) in [5, 5.41) is 2.99. The summed E-state index contributed by atoms with van der Waals surface area (Å²) in [4.78, 5) is 6.48. The zero-order chi connectivity index (χ0) is 13.9. The van der Waals surface area contributed by atoms with E-state index in [9.17, 15) is 0 Å². The van der Waals surface area contributed by atoms with Gasteiger partial charge in [0.15, 0.2) is 5.96 Å². The minimum atomic E-state index is 0. The van der Waals surface area contributed by atoms with Gasteiger partial charge in [0.1, 0.15) is 0 Å². The van der Waals surface area contributed by atoms with E-state index in [-0.39, 0.29) is 24.0 Å². The number of ether oxygens (including phenoxy) is 1. The summed E-state index contributed by atoms with van der Waals surface area (Å²) in [5.41, 5.74) is 6.93. The highest BCUT2D eigenvalue weighted by Crippen LogP contribution is 2.10. The molecule has 0 aliphatic heterocycles. The molecule has 0 amide bonds. The Labute approximate surface area is 138 Å². The first-order valence-corrected chi connectivity index (χ1v) is 6.53. The molecule has 1 rings (SSSR count). The van der Waals surface area contributed by atoms with Gasteiger partial charge >= 0.3 is 0 Å². The molecule has 0 aliphatic rings. The molecule has 20 heavy (non-hydrogen) atoms. The van der Waals surface area contributed by atoms with E-state index in [0.29, 0.717) is 19.1 Å². The Morgan fingerprint density at radius 3 is 2.70 bits per heavy atom. The second kappa shape index (κ2) is 11.8. The monoisotopic (exact) mass is 392 g/mol. The van der Waals surface area contributed by atoms with Crippen LogP contribution in [0.2, 0.25) is 0 Å². The van der Waals surface area contributed by atoms with Gasteiger partial charge in [0.2, 0.25) is 0 Å². The Balaban J connectivity index is 0.00000361. The number of nitrogens with one attached hydrogen (secondary N) is 1. The van der Waals surface area contributed by atoms with E-state index >= 15 is 0 Å². The molecule has 5 nitrogen and oxygen atoms in total. The molecule has 0 fully saturated rings. The van der Waals surface area contributed by atoms with Crippen LogP contribution in [0.4, 0.5) is 5.69 Å². The summed E-state index contributed by atoms with van der Waals surface area (Å²) in [5.74, 6) is 0.486. The van der Waals surface area contributed by atoms with Crippen LogP contribution in [-0.4, -0.2) is 46.4 Å². The lowest BCUT2D eigenvalue weighted by molar-refractivity contribution is 0.204. The number of hydrogen-bond donors (Lipinski definition) is 2. The number of guanidine groups is 1. The largest absolute Gasteiger partial charge is 0.383 e. The molecule has 114 valence electrons. The number of methoxy groups -OCH3 is 1. The standard InChI is InChI=1S/C14H24N4O.HI/c1-18(13-7-4-3-5-8-13)11-6-9-16-14(15)17-10-12-19-2;/h3-5,7-8H,6,9-12H2,1-2H3,(H3,15,16,17);1H. The van der Waals surface area contributed by atoms with Gasteiger partial charge in [-0.25, -0.2) is 0 Å². The van der Waals surface area contributed by atoms with E-state index in [1.54, 1.807) is 7.11 Å². The molecule has 0 spiro atoms. The SMILES string of the molecule is COCCNC(N)=NCCCN(C)c1ccccc1.I. The number of hydrogen-bond acceptors (Lipinski definition) is 3. The quantitative estimate of drug-likeness (QED) is 0.306. The molecule has 0 aromatic heterocycles.